The van der Waals surface area contributed by atoms with Crippen molar-refractivity contribution in [1.82, 2.24) is 14.1 Å². The molecule has 28 heavy (non-hydrogen) atoms. The minimum absolute atomic E-state index is 0.117. The van der Waals surface area contributed by atoms with Crippen molar-refractivity contribution in [3.8, 4) is 11.3 Å². The number of amides is 1. The fourth-order valence-corrected chi connectivity index (χ4v) is 4.97. The van der Waals surface area contributed by atoms with E-state index in [0.29, 0.717) is 11.7 Å². The summed E-state index contributed by atoms with van der Waals surface area (Å²) in [6.07, 6.45) is 0.208. The highest BCUT2D eigenvalue weighted by Crippen LogP contribution is 2.32. The quantitative estimate of drug-likeness (QED) is 0.535. The van der Waals surface area contributed by atoms with Crippen molar-refractivity contribution in [3.63, 3.8) is 0 Å². The Morgan fingerprint density at radius 3 is 2.68 bits per heavy atom. The zero-order valence-corrected chi connectivity index (χ0v) is 17.5. The first-order valence-corrected chi connectivity index (χ1v) is 10.6. The summed E-state index contributed by atoms with van der Waals surface area (Å²) in [5.74, 6) is -0.154. The topological polar surface area (TPSA) is 68.9 Å². The number of carbonyl (C=O) groups excluding carboxylic acids is 1. The van der Waals surface area contributed by atoms with Crippen molar-refractivity contribution >= 4 is 44.7 Å². The Morgan fingerprint density at radius 2 is 1.96 bits per heavy atom. The molecule has 4 rings (SSSR count). The van der Waals surface area contributed by atoms with E-state index in [-0.39, 0.29) is 18.0 Å². The first-order chi connectivity index (χ1) is 13.4. The van der Waals surface area contributed by atoms with Gasteiger partial charge in [0.05, 0.1) is 16.7 Å². The lowest BCUT2D eigenvalue weighted by Gasteiger charge is -2.04. The van der Waals surface area contributed by atoms with Gasteiger partial charge in [-0.05, 0) is 32.0 Å². The number of hydrogen-bond donors (Lipinski definition) is 1. The molecule has 0 aliphatic heterocycles. The summed E-state index contributed by atoms with van der Waals surface area (Å²) in [6, 6.07) is 9.71. The first kappa shape index (κ1) is 18.6. The van der Waals surface area contributed by atoms with Gasteiger partial charge in [0.25, 0.3) is 0 Å². The Kier molecular flexibility index (Phi) is 4.91. The highest BCUT2D eigenvalue weighted by molar-refractivity contribution is 7.14. The molecule has 144 valence electrons. The van der Waals surface area contributed by atoms with Gasteiger partial charge < -0.3 is 5.32 Å². The molecule has 0 aliphatic carbocycles. The molecule has 3 heterocycles. The molecule has 0 aliphatic rings. The molecule has 8 heteroatoms. The summed E-state index contributed by atoms with van der Waals surface area (Å²) in [6.45, 7) is 4.48. The summed E-state index contributed by atoms with van der Waals surface area (Å²) in [5.41, 5.74) is 3.57. The minimum atomic E-state index is -0.154. The fraction of sp³-hybridized carbons (Fsp3) is 0.250. The average Bonchev–Trinajstić information content (AvgIpc) is 3.32. The lowest BCUT2D eigenvalue weighted by atomic mass is 10.2. The maximum Gasteiger partial charge on any atom is 0.328 e. The number of aryl methyl sites for hydroxylation is 4. The highest BCUT2D eigenvalue weighted by atomic mass is 32.1. The zero-order chi connectivity index (χ0) is 19.8. The summed E-state index contributed by atoms with van der Waals surface area (Å²) < 4.78 is 3.24. The second kappa shape index (κ2) is 7.37. The maximum atomic E-state index is 12.4. The number of anilines is 1. The van der Waals surface area contributed by atoms with Crippen LogP contribution in [0.4, 0.5) is 5.13 Å². The molecule has 0 saturated heterocycles. The van der Waals surface area contributed by atoms with E-state index >= 15 is 0 Å². The number of imidazole rings is 1. The smallest absolute Gasteiger partial charge is 0.302 e. The molecule has 0 unspecified atom stereocenters. The third kappa shape index (κ3) is 3.41. The second-order valence-electron chi connectivity index (χ2n) is 6.64. The third-order valence-electron chi connectivity index (χ3n) is 4.68. The van der Waals surface area contributed by atoms with Gasteiger partial charge in [-0.25, -0.2) is 9.78 Å². The number of carbonyl (C=O) groups is 1. The van der Waals surface area contributed by atoms with E-state index in [1.807, 2.05) is 29.6 Å². The van der Waals surface area contributed by atoms with Crippen LogP contribution in [0.5, 0.6) is 0 Å². The Hall–Kier alpha value is -2.71. The molecule has 1 N–H and O–H groups in total. The normalized spacial score (nSPS) is 11.2. The molecule has 4 aromatic rings. The first-order valence-electron chi connectivity index (χ1n) is 8.91. The van der Waals surface area contributed by atoms with Crippen molar-refractivity contribution in [2.24, 2.45) is 7.05 Å². The summed E-state index contributed by atoms with van der Waals surface area (Å²) in [7, 11) is 1.74. The molecular formula is C20H20N4O2S2. The third-order valence-corrected chi connectivity index (χ3v) is 6.41. The second-order valence-corrected chi connectivity index (χ2v) is 8.96. The largest absolute Gasteiger partial charge is 0.328 e. The van der Waals surface area contributed by atoms with Gasteiger partial charge in [-0.15, -0.1) is 22.7 Å². The van der Waals surface area contributed by atoms with Gasteiger partial charge in [-0.2, -0.15) is 0 Å². The van der Waals surface area contributed by atoms with Crippen LogP contribution in [0.3, 0.4) is 0 Å². The van der Waals surface area contributed by atoms with Crippen molar-refractivity contribution in [2.75, 3.05) is 5.32 Å². The fourth-order valence-electron chi connectivity index (χ4n) is 3.31. The average molecular weight is 413 g/mol. The van der Waals surface area contributed by atoms with Gasteiger partial charge in [0.15, 0.2) is 5.13 Å². The molecule has 0 spiro atoms. The number of thiazole rings is 1. The van der Waals surface area contributed by atoms with Gasteiger partial charge in [-0.3, -0.25) is 13.9 Å². The van der Waals surface area contributed by atoms with Crippen molar-refractivity contribution < 1.29 is 4.79 Å². The van der Waals surface area contributed by atoms with Crippen LogP contribution in [0.2, 0.25) is 0 Å². The molecular weight excluding hydrogens is 392 g/mol. The van der Waals surface area contributed by atoms with Crippen LogP contribution < -0.4 is 11.0 Å². The maximum absolute atomic E-state index is 12.4. The summed E-state index contributed by atoms with van der Waals surface area (Å²) in [5, 5.41) is 5.39. The van der Waals surface area contributed by atoms with E-state index < -0.39 is 0 Å². The number of rotatable bonds is 5. The molecule has 0 saturated carbocycles. The number of nitrogens with one attached hydrogen (secondary N) is 1. The molecule has 3 aromatic heterocycles. The van der Waals surface area contributed by atoms with Gasteiger partial charge in [0, 0.05) is 40.7 Å². The number of hydrogen-bond acceptors (Lipinski definition) is 5. The van der Waals surface area contributed by atoms with Crippen molar-refractivity contribution in [2.45, 2.75) is 26.8 Å². The van der Waals surface area contributed by atoms with E-state index in [2.05, 4.69) is 30.2 Å². The van der Waals surface area contributed by atoms with E-state index in [0.717, 1.165) is 22.3 Å². The monoisotopic (exact) mass is 412 g/mol. The number of benzene rings is 1. The van der Waals surface area contributed by atoms with Gasteiger partial charge >= 0.3 is 5.69 Å². The predicted molar refractivity (Wildman–Crippen MR) is 115 cm³/mol. The lowest BCUT2D eigenvalue weighted by Crippen LogP contribution is -2.24. The molecule has 0 bridgehead atoms. The van der Waals surface area contributed by atoms with Crippen molar-refractivity contribution in [1.29, 1.82) is 0 Å². The van der Waals surface area contributed by atoms with Crippen LogP contribution in [0.15, 0.2) is 40.5 Å². The summed E-state index contributed by atoms with van der Waals surface area (Å²) >= 11 is 3.15. The number of fused-ring (bicyclic) bond motifs is 1. The molecule has 1 amide bonds. The summed E-state index contributed by atoms with van der Waals surface area (Å²) in [4.78, 5) is 31.8. The Bertz CT molecular complexity index is 1230. The van der Waals surface area contributed by atoms with Crippen LogP contribution in [0.25, 0.3) is 22.3 Å². The number of aromatic nitrogens is 3. The Balaban J connectivity index is 1.46. The number of thiophene rings is 1. The SMILES string of the molecule is Cc1cc(-c2csc(NC(=O)CCn3c(=O)n(C)c4ccccc43)n2)c(C)s1. The zero-order valence-electron chi connectivity index (χ0n) is 15.9. The Morgan fingerprint density at radius 1 is 1.21 bits per heavy atom. The molecule has 1 aromatic carbocycles. The number of nitrogens with zero attached hydrogens (tertiary/aromatic N) is 3. The number of para-hydroxylation sites is 2. The van der Waals surface area contributed by atoms with E-state index in [1.54, 1.807) is 27.5 Å². The lowest BCUT2D eigenvalue weighted by molar-refractivity contribution is -0.116. The molecule has 0 radical (unpaired) electrons. The van der Waals surface area contributed by atoms with Crippen LogP contribution in [0.1, 0.15) is 16.2 Å². The van der Waals surface area contributed by atoms with Crippen LogP contribution in [-0.4, -0.2) is 20.0 Å². The molecule has 0 fully saturated rings. The molecule has 0 atom stereocenters. The highest BCUT2D eigenvalue weighted by Gasteiger charge is 2.14. The van der Waals surface area contributed by atoms with E-state index in [1.165, 1.54) is 21.1 Å². The predicted octanol–water partition coefficient (Wildman–Crippen LogP) is 4.17. The van der Waals surface area contributed by atoms with Gasteiger partial charge in [-0.1, -0.05) is 12.1 Å². The standard InChI is InChI=1S/C20H20N4O2S2/c1-12-10-14(13(2)28-12)15-11-27-19(21-15)22-18(25)8-9-24-17-7-5-4-6-16(17)23(3)20(24)26/h4-7,10-11H,8-9H2,1-3H3,(H,21,22,25). The van der Waals surface area contributed by atoms with Crippen LogP contribution in [-0.2, 0) is 18.4 Å². The Labute approximate surface area is 170 Å². The minimum Gasteiger partial charge on any atom is -0.302 e. The van der Waals surface area contributed by atoms with E-state index in [9.17, 15) is 9.59 Å². The van der Waals surface area contributed by atoms with Gasteiger partial charge in [0.1, 0.15) is 0 Å². The van der Waals surface area contributed by atoms with Crippen LogP contribution in [0, 0.1) is 13.8 Å². The molecule has 6 nitrogen and oxygen atoms in total. The van der Waals surface area contributed by atoms with Crippen LogP contribution >= 0.6 is 22.7 Å². The van der Waals surface area contributed by atoms with Crippen molar-refractivity contribution in [3.05, 3.63) is 56.0 Å². The van der Waals surface area contributed by atoms with Gasteiger partial charge in [0.2, 0.25) is 5.91 Å². The van der Waals surface area contributed by atoms with E-state index in [4.69, 9.17) is 0 Å².